The summed E-state index contributed by atoms with van der Waals surface area (Å²) in [5, 5.41) is 3.09. The molecule has 28 heavy (non-hydrogen) atoms. The zero-order chi connectivity index (χ0) is 20.1. The summed E-state index contributed by atoms with van der Waals surface area (Å²) in [5.41, 5.74) is 1.68. The molecular formula is C20H18ClN3O3S. The molecular weight excluding hydrogens is 398 g/mol. The number of benzene rings is 2. The summed E-state index contributed by atoms with van der Waals surface area (Å²) in [6, 6.07) is 15.8. The van der Waals surface area contributed by atoms with Gasteiger partial charge in [-0.2, -0.15) is 0 Å². The fourth-order valence-corrected chi connectivity index (χ4v) is 3.53. The third-order valence-corrected chi connectivity index (χ3v) is 5.15. The Labute approximate surface area is 171 Å². The lowest BCUT2D eigenvalue weighted by Crippen LogP contribution is -2.23. The topological polar surface area (TPSA) is 84.1 Å². The smallest absolute Gasteiger partial charge is 0.252 e. The summed E-state index contributed by atoms with van der Waals surface area (Å²) in [6.07, 6.45) is 0. The van der Waals surface area contributed by atoms with Gasteiger partial charge in [0, 0.05) is 17.3 Å². The Hall–Kier alpha value is -2.77. The van der Waals surface area contributed by atoms with Crippen molar-refractivity contribution in [2.75, 3.05) is 12.4 Å². The molecule has 0 fully saturated rings. The molecule has 0 aliphatic rings. The Balaban J connectivity index is 1.73. The van der Waals surface area contributed by atoms with Gasteiger partial charge in [-0.25, -0.2) is 4.98 Å². The SMILES string of the molecule is COc1ccc(NC(=O)[C@H](C)Sc2nc(-c3ccccc3)cc(=O)[nH]2)cc1Cl. The normalized spacial score (nSPS) is 11.7. The van der Waals surface area contributed by atoms with Crippen LogP contribution >= 0.6 is 23.4 Å². The number of rotatable bonds is 6. The molecule has 1 aromatic heterocycles. The monoisotopic (exact) mass is 415 g/mol. The van der Waals surface area contributed by atoms with Gasteiger partial charge < -0.3 is 15.0 Å². The quantitative estimate of drug-likeness (QED) is 0.465. The summed E-state index contributed by atoms with van der Waals surface area (Å²) < 4.78 is 5.10. The number of nitrogens with one attached hydrogen (secondary N) is 2. The molecule has 1 amide bonds. The number of carbonyl (C=O) groups is 1. The van der Waals surface area contributed by atoms with Crippen LogP contribution in [0.1, 0.15) is 6.92 Å². The lowest BCUT2D eigenvalue weighted by molar-refractivity contribution is -0.115. The summed E-state index contributed by atoms with van der Waals surface area (Å²) in [4.78, 5) is 31.6. The van der Waals surface area contributed by atoms with Gasteiger partial charge in [-0.1, -0.05) is 53.7 Å². The zero-order valence-corrected chi connectivity index (χ0v) is 16.8. The molecule has 1 atom stereocenters. The highest BCUT2D eigenvalue weighted by molar-refractivity contribution is 8.00. The average Bonchev–Trinajstić information content (AvgIpc) is 2.68. The van der Waals surface area contributed by atoms with Crippen molar-refractivity contribution in [2.24, 2.45) is 0 Å². The van der Waals surface area contributed by atoms with E-state index in [0.29, 0.717) is 27.3 Å². The molecule has 0 unspecified atom stereocenters. The first-order valence-corrected chi connectivity index (χ1v) is 9.70. The lowest BCUT2D eigenvalue weighted by Gasteiger charge is -2.13. The van der Waals surface area contributed by atoms with E-state index >= 15 is 0 Å². The number of carbonyl (C=O) groups excluding carboxylic acids is 1. The van der Waals surface area contributed by atoms with Gasteiger partial charge in [-0.3, -0.25) is 9.59 Å². The number of aromatic amines is 1. The van der Waals surface area contributed by atoms with E-state index in [0.717, 1.165) is 5.56 Å². The second-order valence-electron chi connectivity index (χ2n) is 5.90. The summed E-state index contributed by atoms with van der Waals surface area (Å²) in [7, 11) is 1.52. The molecule has 0 saturated heterocycles. The maximum Gasteiger partial charge on any atom is 0.252 e. The van der Waals surface area contributed by atoms with Crippen LogP contribution in [-0.4, -0.2) is 28.2 Å². The van der Waals surface area contributed by atoms with Gasteiger partial charge in [0.2, 0.25) is 5.91 Å². The van der Waals surface area contributed by atoms with E-state index in [2.05, 4.69) is 15.3 Å². The van der Waals surface area contributed by atoms with Gasteiger partial charge in [-0.05, 0) is 25.1 Å². The Kier molecular flexibility index (Phi) is 6.38. The van der Waals surface area contributed by atoms with Crippen LogP contribution in [0.25, 0.3) is 11.3 Å². The van der Waals surface area contributed by atoms with E-state index < -0.39 is 5.25 Å². The van der Waals surface area contributed by atoms with E-state index in [-0.39, 0.29) is 11.5 Å². The number of hydrogen-bond acceptors (Lipinski definition) is 5. The molecule has 1 heterocycles. The molecule has 8 heteroatoms. The van der Waals surface area contributed by atoms with Crippen molar-refractivity contribution >= 4 is 35.0 Å². The first-order valence-electron chi connectivity index (χ1n) is 8.44. The fourth-order valence-electron chi connectivity index (χ4n) is 2.46. The Bertz CT molecular complexity index is 1040. The molecule has 0 aliphatic carbocycles. The van der Waals surface area contributed by atoms with Gasteiger partial charge in [0.15, 0.2) is 5.16 Å². The number of halogens is 1. The lowest BCUT2D eigenvalue weighted by atomic mass is 10.1. The van der Waals surface area contributed by atoms with E-state index in [1.807, 2.05) is 30.3 Å². The number of thioether (sulfide) groups is 1. The van der Waals surface area contributed by atoms with E-state index in [1.54, 1.807) is 25.1 Å². The van der Waals surface area contributed by atoms with Gasteiger partial charge in [0.1, 0.15) is 5.75 Å². The molecule has 3 rings (SSSR count). The maximum absolute atomic E-state index is 12.5. The fraction of sp³-hybridized carbons (Fsp3) is 0.150. The number of ether oxygens (including phenoxy) is 1. The molecule has 2 aromatic carbocycles. The van der Waals surface area contributed by atoms with Crippen molar-refractivity contribution in [2.45, 2.75) is 17.3 Å². The third kappa shape index (κ3) is 4.94. The van der Waals surface area contributed by atoms with Gasteiger partial charge in [0.05, 0.1) is 23.1 Å². The first-order chi connectivity index (χ1) is 13.5. The van der Waals surface area contributed by atoms with Crippen molar-refractivity contribution in [3.8, 4) is 17.0 Å². The summed E-state index contributed by atoms with van der Waals surface area (Å²) >= 11 is 7.25. The predicted octanol–water partition coefficient (Wildman–Crippen LogP) is 4.22. The number of amides is 1. The van der Waals surface area contributed by atoms with Crippen LogP contribution in [-0.2, 0) is 4.79 Å². The van der Waals surface area contributed by atoms with Crippen LogP contribution < -0.4 is 15.6 Å². The molecule has 144 valence electrons. The Morgan fingerprint density at radius 1 is 1.21 bits per heavy atom. The van der Waals surface area contributed by atoms with E-state index in [4.69, 9.17) is 16.3 Å². The van der Waals surface area contributed by atoms with Crippen LogP contribution in [0, 0.1) is 0 Å². The van der Waals surface area contributed by atoms with Crippen molar-refractivity contribution < 1.29 is 9.53 Å². The molecule has 0 aliphatic heterocycles. The number of aromatic nitrogens is 2. The van der Waals surface area contributed by atoms with E-state index in [1.165, 1.54) is 24.9 Å². The number of H-pyrrole nitrogens is 1. The minimum absolute atomic E-state index is 0.237. The average molecular weight is 416 g/mol. The van der Waals surface area contributed by atoms with Gasteiger partial charge >= 0.3 is 0 Å². The van der Waals surface area contributed by atoms with Crippen molar-refractivity contribution in [1.29, 1.82) is 0 Å². The number of methoxy groups -OCH3 is 1. The summed E-state index contributed by atoms with van der Waals surface area (Å²) in [6.45, 7) is 1.74. The van der Waals surface area contributed by atoms with Crippen LogP contribution in [0.4, 0.5) is 5.69 Å². The maximum atomic E-state index is 12.5. The van der Waals surface area contributed by atoms with Crippen LogP contribution in [0.3, 0.4) is 0 Å². The highest BCUT2D eigenvalue weighted by Gasteiger charge is 2.17. The third-order valence-electron chi connectivity index (χ3n) is 3.87. The number of nitrogens with zero attached hydrogens (tertiary/aromatic N) is 1. The highest BCUT2D eigenvalue weighted by atomic mass is 35.5. The highest BCUT2D eigenvalue weighted by Crippen LogP contribution is 2.28. The summed E-state index contributed by atoms with van der Waals surface area (Å²) in [5.74, 6) is 0.292. The van der Waals surface area contributed by atoms with Crippen molar-refractivity contribution in [3.05, 3.63) is 70.0 Å². The molecule has 0 radical (unpaired) electrons. The Morgan fingerprint density at radius 3 is 2.64 bits per heavy atom. The molecule has 3 aromatic rings. The Morgan fingerprint density at radius 2 is 1.96 bits per heavy atom. The first kappa shape index (κ1) is 20.0. The molecule has 0 saturated carbocycles. The van der Waals surface area contributed by atoms with Crippen LogP contribution in [0.5, 0.6) is 5.75 Å². The second-order valence-corrected chi connectivity index (χ2v) is 7.64. The van der Waals surface area contributed by atoms with Gasteiger partial charge in [-0.15, -0.1) is 0 Å². The van der Waals surface area contributed by atoms with Gasteiger partial charge in [0.25, 0.3) is 5.56 Å². The molecule has 0 bridgehead atoms. The molecule has 0 spiro atoms. The van der Waals surface area contributed by atoms with Crippen LogP contribution in [0.2, 0.25) is 5.02 Å². The number of hydrogen-bond donors (Lipinski definition) is 2. The standard InChI is InChI=1S/C20H18ClN3O3S/c1-12(19(26)22-14-8-9-17(27-2)15(21)10-14)28-20-23-16(11-18(25)24-20)13-6-4-3-5-7-13/h3-12H,1-2H3,(H,22,26)(H,23,24,25)/t12-/m0/s1. The number of anilines is 1. The van der Waals surface area contributed by atoms with Crippen molar-refractivity contribution in [3.63, 3.8) is 0 Å². The zero-order valence-electron chi connectivity index (χ0n) is 15.2. The largest absolute Gasteiger partial charge is 0.495 e. The van der Waals surface area contributed by atoms with Crippen LogP contribution in [0.15, 0.2) is 64.5 Å². The minimum Gasteiger partial charge on any atom is -0.495 e. The predicted molar refractivity (Wildman–Crippen MR) is 112 cm³/mol. The molecule has 6 nitrogen and oxygen atoms in total. The van der Waals surface area contributed by atoms with Crippen molar-refractivity contribution in [1.82, 2.24) is 9.97 Å². The molecule has 2 N–H and O–H groups in total. The second kappa shape index (κ2) is 8.95. The minimum atomic E-state index is -0.491. The van der Waals surface area contributed by atoms with E-state index in [9.17, 15) is 9.59 Å².